The zero-order valence-electron chi connectivity index (χ0n) is 10.3. The van der Waals surface area contributed by atoms with Gasteiger partial charge in [-0.3, -0.25) is 9.48 Å². The van der Waals surface area contributed by atoms with Crippen LogP contribution in [0.3, 0.4) is 0 Å². The molecule has 1 unspecified atom stereocenters. The van der Waals surface area contributed by atoms with Crippen molar-refractivity contribution in [3.63, 3.8) is 0 Å². The minimum absolute atomic E-state index is 0.183. The molecule has 1 N–H and O–H groups in total. The van der Waals surface area contributed by atoms with Gasteiger partial charge >= 0.3 is 0 Å². The van der Waals surface area contributed by atoms with Crippen LogP contribution >= 0.6 is 15.9 Å². The molecule has 5 heteroatoms. The third-order valence-corrected chi connectivity index (χ3v) is 4.34. The number of nitrogens with one attached hydrogen (secondary N) is 1. The number of carbonyl (C=O) groups excluding carboxylic acids is 1. The summed E-state index contributed by atoms with van der Waals surface area (Å²) < 4.78 is 2.90. The van der Waals surface area contributed by atoms with Crippen molar-refractivity contribution in [1.29, 1.82) is 0 Å². The van der Waals surface area contributed by atoms with Gasteiger partial charge in [-0.2, -0.15) is 5.10 Å². The van der Waals surface area contributed by atoms with Crippen LogP contribution < -0.4 is 5.32 Å². The molecule has 1 fully saturated rings. The molecule has 0 amide bonds. The van der Waals surface area contributed by atoms with Gasteiger partial charge in [0.15, 0.2) is 0 Å². The van der Waals surface area contributed by atoms with Gasteiger partial charge in [0.2, 0.25) is 0 Å². The maximum absolute atomic E-state index is 12.1. The van der Waals surface area contributed by atoms with Gasteiger partial charge in [0.1, 0.15) is 5.78 Å². The molecule has 2 rings (SSSR count). The van der Waals surface area contributed by atoms with Gasteiger partial charge in [-0.05, 0) is 42.7 Å². The van der Waals surface area contributed by atoms with Gasteiger partial charge in [0.05, 0.1) is 15.9 Å². The lowest BCUT2D eigenvalue weighted by atomic mass is 9.99. The van der Waals surface area contributed by atoms with E-state index in [-0.39, 0.29) is 5.92 Å². The second kappa shape index (κ2) is 5.31. The molecule has 0 saturated carbocycles. The number of carbonyl (C=O) groups is 1. The normalized spacial score (nSPS) is 19.8. The number of aromatic nitrogens is 2. The average molecular weight is 300 g/mol. The van der Waals surface area contributed by atoms with Crippen molar-refractivity contribution in [2.24, 2.45) is 5.92 Å². The Bertz CT molecular complexity index is 422. The van der Waals surface area contributed by atoms with Crippen LogP contribution in [0.2, 0.25) is 0 Å². The lowest BCUT2D eigenvalue weighted by Crippen LogP contribution is -2.21. The van der Waals surface area contributed by atoms with Crippen LogP contribution in [-0.2, 0) is 17.8 Å². The van der Waals surface area contributed by atoms with Gasteiger partial charge in [-0.25, -0.2) is 0 Å². The highest BCUT2D eigenvalue weighted by Gasteiger charge is 2.24. The third-order valence-electron chi connectivity index (χ3n) is 3.31. The largest absolute Gasteiger partial charge is 0.316 e. The number of hydrogen-bond acceptors (Lipinski definition) is 3. The number of nitrogens with zero attached hydrogens (tertiary/aromatic N) is 2. The van der Waals surface area contributed by atoms with Crippen molar-refractivity contribution in [2.45, 2.75) is 33.2 Å². The minimum Gasteiger partial charge on any atom is -0.316 e. The Labute approximate surface area is 110 Å². The summed E-state index contributed by atoms with van der Waals surface area (Å²) in [5.74, 6) is 0.507. The monoisotopic (exact) mass is 299 g/mol. The molecular weight excluding hydrogens is 282 g/mol. The first kappa shape index (κ1) is 12.8. The number of hydrogen-bond donors (Lipinski definition) is 1. The van der Waals surface area contributed by atoms with Crippen molar-refractivity contribution in [3.8, 4) is 0 Å². The molecule has 1 atom stereocenters. The Balaban J connectivity index is 2.14. The summed E-state index contributed by atoms with van der Waals surface area (Å²) in [5, 5.41) is 7.64. The predicted molar refractivity (Wildman–Crippen MR) is 70.0 cm³/mol. The second-order valence-electron chi connectivity index (χ2n) is 4.49. The fourth-order valence-electron chi connectivity index (χ4n) is 2.28. The molecule has 1 aromatic rings. The fraction of sp³-hybridized carbons (Fsp3) is 0.667. The van der Waals surface area contributed by atoms with Crippen molar-refractivity contribution >= 4 is 21.7 Å². The lowest BCUT2D eigenvalue weighted by molar-refractivity contribution is -0.121. The predicted octanol–water partition coefficient (Wildman–Crippen LogP) is 1.70. The highest BCUT2D eigenvalue weighted by atomic mass is 79.9. The smallest absolute Gasteiger partial charge is 0.143 e. The first-order valence-electron chi connectivity index (χ1n) is 6.08. The van der Waals surface area contributed by atoms with E-state index in [0.29, 0.717) is 12.2 Å². The fourth-order valence-corrected chi connectivity index (χ4v) is 2.70. The van der Waals surface area contributed by atoms with Crippen molar-refractivity contribution < 1.29 is 4.79 Å². The van der Waals surface area contributed by atoms with Gasteiger partial charge in [0.25, 0.3) is 0 Å². The molecule has 1 aliphatic rings. The van der Waals surface area contributed by atoms with Crippen LogP contribution in [0.15, 0.2) is 4.47 Å². The summed E-state index contributed by atoms with van der Waals surface area (Å²) in [6, 6.07) is 0. The minimum atomic E-state index is 0.183. The van der Waals surface area contributed by atoms with Crippen molar-refractivity contribution in [2.75, 3.05) is 13.1 Å². The summed E-state index contributed by atoms with van der Waals surface area (Å²) in [4.78, 5) is 12.1. The Morgan fingerprint density at radius 1 is 1.65 bits per heavy atom. The van der Waals surface area contributed by atoms with E-state index >= 15 is 0 Å². The molecule has 1 aliphatic heterocycles. The summed E-state index contributed by atoms with van der Waals surface area (Å²) in [7, 11) is 0. The van der Waals surface area contributed by atoms with E-state index in [1.165, 1.54) is 0 Å². The first-order valence-corrected chi connectivity index (χ1v) is 6.88. The van der Waals surface area contributed by atoms with Gasteiger partial charge in [-0.15, -0.1) is 0 Å². The summed E-state index contributed by atoms with van der Waals surface area (Å²) in [6.07, 6.45) is 1.46. The molecule has 17 heavy (non-hydrogen) atoms. The molecule has 94 valence electrons. The number of rotatable bonds is 4. The molecule has 4 nitrogen and oxygen atoms in total. The van der Waals surface area contributed by atoms with Crippen LogP contribution in [0.25, 0.3) is 0 Å². The SMILES string of the molecule is CCn1nc(C)c(Br)c1CC(=O)C1CCNC1. The van der Waals surface area contributed by atoms with E-state index in [0.717, 1.165) is 41.9 Å². The standard InChI is InChI=1S/C12H18BrN3O/c1-3-16-10(12(13)8(2)15-16)6-11(17)9-4-5-14-7-9/h9,14H,3-7H2,1-2H3. The maximum atomic E-state index is 12.1. The Morgan fingerprint density at radius 2 is 2.41 bits per heavy atom. The Morgan fingerprint density at radius 3 is 3.00 bits per heavy atom. The van der Waals surface area contributed by atoms with Gasteiger partial charge in [-0.1, -0.05) is 0 Å². The number of aryl methyl sites for hydroxylation is 2. The summed E-state index contributed by atoms with van der Waals surface area (Å²) >= 11 is 3.53. The van der Waals surface area contributed by atoms with Crippen molar-refractivity contribution in [3.05, 3.63) is 15.9 Å². The van der Waals surface area contributed by atoms with Crippen molar-refractivity contribution in [1.82, 2.24) is 15.1 Å². The highest BCUT2D eigenvalue weighted by Crippen LogP contribution is 2.23. The van der Waals surface area contributed by atoms with Gasteiger partial charge in [0, 0.05) is 25.4 Å². The van der Waals surface area contributed by atoms with Crippen LogP contribution in [0.5, 0.6) is 0 Å². The van der Waals surface area contributed by atoms with E-state index < -0.39 is 0 Å². The van der Waals surface area contributed by atoms with E-state index in [4.69, 9.17) is 0 Å². The third kappa shape index (κ3) is 2.60. The van der Waals surface area contributed by atoms with E-state index in [1.807, 2.05) is 18.5 Å². The zero-order valence-corrected chi connectivity index (χ0v) is 11.9. The van der Waals surface area contributed by atoms with Gasteiger partial charge < -0.3 is 5.32 Å². The molecule has 0 aromatic carbocycles. The van der Waals surface area contributed by atoms with Crippen LogP contribution in [0.1, 0.15) is 24.7 Å². The molecule has 0 radical (unpaired) electrons. The quantitative estimate of drug-likeness (QED) is 0.920. The molecule has 0 bridgehead atoms. The molecular formula is C12H18BrN3O. The Hall–Kier alpha value is -0.680. The summed E-state index contributed by atoms with van der Waals surface area (Å²) in [6.45, 7) is 6.60. The number of halogens is 1. The average Bonchev–Trinajstić information content (AvgIpc) is 2.92. The van der Waals surface area contributed by atoms with Crippen LogP contribution in [0.4, 0.5) is 0 Å². The zero-order chi connectivity index (χ0) is 12.4. The molecule has 1 saturated heterocycles. The molecule has 2 heterocycles. The van der Waals surface area contributed by atoms with E-state index in [1.54, 1.807) is 0 Å². The maximum Gasteiger partial charge on any atom is 0.143 e. The molecule has 1 aromatic heterocycles. The van der Waals surface area contributed by atoms with Crippen LogP contribution in [0, 0.1) is 12.8 Å². The topological polar surface area (TPSA) is 46.9 Å². The Kier molecular flexibility index (Phi) is 3.99. The number of ketones is 1. The van der Waals surface area contributed by atoms with E-state index in [9.17, 15) is 4.79 Å². The first-order chi connectivity index (χ1) is 8.13. The summed E-state index contributed by atoms with van der Waals surface area (Å²) in [5.41, 5.74) is 1.97. The highest BCUT2D eigenvalue weighted by molar-refractivity contribution is 9.10. The second-order valence-corrected chi connectivity index (χ2v) is 5.29. The lowest BCUT2D eigenvalue weighted by Gasteiger charge is -2.09. The van der Waals surface area contributed by atoms with Crippen LogP contribution in [-0.4, -0.2) is 28.7 Å². The molecule has 0 aliphatic carbocycles. The van der Waals surface area contributed by atoms with E-state index in [2.05, 4.69) is 26.3 Å². The number of Topliss-reactive ketones (excluding diaryl/α,β-unsaturated/α-hetero) is 1. The molecule has 0 spiro atoms.